The fourth-order valence-corrected chi connectivity index (χ4v) is 10.5. The first kappa shape index (κ1) is 43.5. The summed E-state index contributed by atoms with van der Waals surface area (Å²) >= 11 is 0. The Balaban J connectivity index is 1.62. The maximum atomic E-state index is 13.4. The number of cyclic esters (lactones) is 1. The maximum absolute atomic E-state index is 13.4. The fourth-order valence-electron chi connectivity index (χ4n) is 6.69. The van der Waals surface area contributed by atoms with Gasteiger partial charge in [0.1, 0.15) is 12.1 Å². The second-order valence-electron chi connectivity index (χ2n) is 15.4. The van der Waals surface area contributed by atoms with Crippen molar-refractivity contribution in [1.29, 1.82) is 0 Å². The summed E-state index contributed by atoms with van der Waals surface area (Å²) in [4.78, 5) is 50.7. The molecule has 8 nitrogen and oxygen atoms in total. The Morgan fingerprint density at radius 2 is 1.57 bits per heavy atom. The molecule has 54 heavy (non-hydrogen) atoms. The van der Waals surface area contributed by atoms with Gasteiger partial charge in [-0.05, 0) is 77.4 Å². The average molecular weight is 751 g/mol. The van der Waals surface area contributed by atoms with Crippen LogP contribution in [0.15, 0.2) is 121 Å². The molecule has 0 fully saturated rings. The third-order valence-electron chi connectivity index (χ3n) is 9.78. The van der Waals surface area contributed by atoms with Crippen molar-refractivity contribution in [3.63, 3.8) is 0 Å². The predicted molar refractivity (Wildman–Crippen MR) is 220 cm³/mol. The molecule has 0 saturated carbocycles. The van der Waals surface area contributed by atoms with Gasteiger partial charge >= 0.3 is 5.97 Å². The van der Waals surface area contributed by atoms with Crippen LogP contribution < -0.4 is 21.0 Å². The van der Waals surface area contributed by atoms with E-state index in [2.05, 4.69) is 42.4 Å². The molecule has 1 aliphatic rings. The van der Waals surface area contributed by atoms with E-state index < -0.39 is 36.7 Å². The van der Waals surface area contributed by atoms with Crippen LogP contribution in [0.4, 0.5) is 0 Å². The highest BCUT2D eigenvalue weighted by atomic mass is 28.4. The summed E-state index contributed by atoms with van der Waals surface area (Å²) in [6.45, 7) is 14.0. The summed E-state index contributed by atoms with van der Waals surface area (Å²) in [6.07, 6.45) is 18.3. The van der Waals surface area contributed by atoms with Crippen LogP contribution in [0, 0.1) is 29.1 Å². The first-order chi connectivity index (χ1) is 25.6. The number of allylic oxidation sites excluding steroid dienone is 5. The molecule has 2 amide bonds. The van der Waals surface area contributed by atoms with Gasteiger partial charge in [0.15, 0.2) is 5.76 Å². The number of benzene rings is 2. The number of ether oxygens (including phenoxy) is 2. The smallest absolute Gasteiger partial charge is 0.373 e. The lowest BCUT2D eigenvalue weighted by molar-refractivity contribution is -0.151. The van der Waals surface area contributed by atoms with Gasteiger partial charge in [-0.1, -0.05) is 138 Å². The minimum Gasteiger partial charge on any atom is -0.490 e. The van der Waals surface area contributed by atoms with Crippen molar-refractivity contribution in [2.45, 2.75) is 91.3 Å². The largest absolute Gasteiger partial charge is 0.490 e. The molecule has 0 saturated heterocycles. The number of nitrogens with one attached hydrogen (secondary N) is 2. The highest BCUT2D eigenvalue weighted by Crippen LogP contribution is 2.43. The van der Waals surface area contributed by atoms with E-state index >= 15 is 0 Å². The number of carbonyl (C=O) groups is 3. The van der Waals surface area contributed by atoms with Gasteiger partial charge in [-0.2, -0.15) is 0 Å². The number of amides is 2. The number of esters is 1. The highest BCUT2D eigenvalue weighted by Gasteiger charge is 2.50. The van der Waals surface area contributed by atoms with Crippen molar-refractivity contribution < 1.29 is 28.7 Å². The molecule has 288 valence electrons. The van der Waals surface area contributed by atoms with E-state index in [0.29, 0.717) is 12.8 Å². The molecule has 9 heteroatoms. The van der Waals surface area contributed by atoms with Crippen LogP contribution >= 0.6 is 0 Å². The third kappa shape index (κ3) is 12.3. The van der Waals surface area contributed by atoms with Crippen molar-refractivity contribution in [3.8, 4) is 11.8 Å². The van der Waals surface area contributed by atoms with Crippen molar-refractivity contribution in [1.82, 2.24) is 10.6 Å². The lowest BCUT2D eigenvalue weighted by Crippen LogP contribution is -2.65. The number of hydrogen-bond acceptors (Lipinski definition) is 6. The SMILES string of the molecule is C/C=C\C[C@@H](C/C=C\NC(=O)[C@@H](NC(=O)/C=C/C#C/C=C/[C@H](C)[C@@H]1CC=C(OC)C(=O)O1)C(C)(C)C)CC(C)(C)[Si](O)(c1ccccc1)c1ccccc1. The van der Waals surface area contributed by atoms with Gasteiger partial charge < -0.3 is 24.9 Å². The average Bonchev–Trinajstić information content (AvgIpc) is 3.15. The summed E-state index contributed by atoms with van der Waals surface area (Å²) in [7, 11) is -1.74. The van der Waals surface area contributed by atoms with Gasteiger partial charge in [-0.25, -0.2) is 4.79 Å². The molecule has 0 spiro atoms. The van der Waals surface area contributed by atoms with Crippen molar-refractivity contribution >= 4 is 36.5 Å². The summed E-state index contributed by atoms with van der Waals surface area (Å²) < 4.78 is 10.4. The van der Waals surface area contributed by atoms with Gasteiger partial charge in [0.05, 0.1) is 7.11 Å². The van der Waals surface area contributed by atoms with E-state index in [0.717, 1.165) is 23.2 Å². The van der Waals surface area contributed by atoms with Gasteiger partial charge in [0, 0.05) is 18.4 Å². The summed E-state index contributed by atoms with van der Waals surface area (Å²) in [5, 5.41) is 7.27. The molecule has 0 aliphatic carbocycles. The molecule has 3 rings (SSSR count). The van der Waals surface area contributed by atoms with Gasteiger partial charge in [-0.15, -0.1) is 0 Å². The molecule has 1 aliphatic heterocycles. The van der Waals surface area contributed by atoms with Gasteiger partial charge in [0.2, 0.25) is 11.8 Å². The Labute approximate surface area is 323 Å². The van der Waals surface area contributed by atoms with E-state index in [-0.39, 0.29) is 29.6 Å². The van der Waals surface area contributed by atoms with E-state index in [1.165, 1.54) is 19.3 Å². The normalized spacial score (nSPS) is 17.1. The molecule has 3 N–H and O–H groups in total. The van der Waals surface area contributed by atoms with Gasteiger partial charge in [-0.3, -0.25) is 9.59 Å². The molecule has 2 aromatic carbocycles. The van der Waals surface area contributed by atoms with Crippen LogP contribution in [0.25, 0.3) is 0 Å². The van der Waals surface area contributed by atoms with Crippen LogP contribution in [0.5, 0.6) is 0 Å². The lowest BCUT2D eigenvalue weighted by Gasteiger charge is -2.43. The van der Waals surface area contributed by atoms with Crippen LogP contribution in [0.2, 0.25) is 5.04 Å². The lowest BCUT2D eigenvalue weighted by atomic mass is 9.86. The van der Waals surface area contributed by atoms with Crippen LogP contribution in [0.1, 0.15) is 74.1 Å². The van der Waals surface area contributed by atoms with Gasteiger partial charge in [0.25, 0.3) is 8.32 Å². The Hall–Kier alpha value is -4.91. The highest BCUT2D eigenvalue weighted by molar-refractivity contribution is 6.98. The quantitative estimate of drug-likeness (QED) is 0.0583. The first-order valence-corrected chi connectivity index (χ1v) is 20.6. The van der Waals surface area contributed by atoms with Crippen molar-refractivity contribution in [2.24, 2.45) is 17.3 Å². The van der Waals surface area contributed by atoms with Crippen LogP contribution in [-0.2, 0) is 23.9 Å². The zero-order valence-electron chi connectivity index (χ0n) is 33.1. The van der Waals surface area contributed by atoms with Crippen LogP contribution in [-0.4, -0.2) is 50.2 Å². The third-order valence-corrected chi connectivity index (χ3v) is 14.3. The van der Waals surface area contributed by atoms with Crippen LogP contribution in [0.3, 0.4) is 0 Å². The van der Waals surface area contributed by atoms with E-state index in [4.69, 9.17) is 9.47 Å². The Kier molecular flexibility index (Phi) is 16.5. The second-order valence-corrected chi connectivity index (χ2v) is 19.4. The van der Waals surface area contributed by atoms with E-state index in [9.17, 15) is 19.2 Å². The minimum atomic E-state index is -3.18. The Morgan fingerprint density at radius 3 is 2.13 bits per heavy atom. The van der Waals surface area contributed by atoms with Crippen molar-refractivity contribution in [2.75, 3.05) is 7.11 Å². The maximum Gasteiger partial charge on any atom is 0.373 e. The summed E-state index contributed by atoms with van der Waals surface area (Å²) in [5.41, 5.74) is -0.559. The number of rotatable bonds is 16. The zero-order valence-corrected chi connectivity index (χ0v) is 34.1. The minimum absolute atomic E-state index is 0.0582. The Morgan fingerprint density at radius 1 is 0.981 bits per heavy atom. The fraction of sp³-hybridized carbons (Fsp3) is 0.400. The molecule has 0 unspecified atom stereocenters. The summed E-state index contributed by atoms with van der Waals surface area (Å²) in [6, 6.07) is 19.3. The molecule has 0 radical (unpaired) electrons. The molecule has 0 bridgehead atoms. The van der Waals surface area contributed by atoms with Crippen molar-refractivity contribution in [3.05, 3.63) is 121 Å². The van der Waals surface area contributed by atoms with E-state index in [1.54, 1.807) is 18.4 Å². The molecule has 2 aromatic rings. The predicted octanol–water partition coefficient (Wildman–Crippen LogP) is 6.64. The number of carbonyl (C=O) groups excluding carboxylic acids is 3. The second kappa shape index (κ2) is 20.5. The summed E-state index contributed by atoms with van der Waals surface area (Å²) in [5.74, 6) is 4.81. The topological polar surface area (TPSA) is 114 Å². The number of hydrogen-bond donors (Lipinski definition) is 3. The monoisotopic (exact) mass is 750 g/mol. The standard InChI is InChI=1S/C45H58N2O6Si/c1-9-10-23-35(33-45(6,7)54(51,36-25-16-13-17-26-36)37-27-18-14-19-28-37)24-21-32-46-42(49)41(44(3,4)5)47-40(48)29-20-12-11-15-22-34(2)38-30-31-39(52-8)43(50)53-38/h9-10,13-22,25-29,31-32,34-35,38,41,51H,23-24,30,33H2,1-8H3,(H,46,49)(H,47,48)/b10-9-,22-15+,29-20+,32-21-/t34-,35-,38-,41+/m0/s1. The molecule has 1 heterocycles. The first-order valence-electron chi connectivity index (χ1n) is 18.6. The Bertz CT molecular complexity index is 1720. The zero-order chi connectivity index (χ0) is 39.8. The molecule has 0 aromatic heterocycles. The molecular formula is C45H58N2O6Si. The molecule has 4 atom stereocenters. The molecular weight excluding hydrogens is 693 g/mol. The number of methoxy groups -OCH3 is 1. The van der Waals surface area contributed by atoms with E-state index in [1.807, 2.05) is 114 Å².